The van der Waals surface area contributed by atoms with E-state index < -0.39 is 36.5 Å². The first-order valence-corrected chi connectivity index (χ1v) is 12.5. The molecule has 214 valence electrons. The zero-order valence-corrected chi connectivity index (χ0v) is 22.4. The average Bonchev–Trinajstić information content (AvgIpc) is 2.84. The van der Waals surface area contributed by atoms with E-state index in [9.17, 15) is 39.6 Å². The molecule has 0 aliphatic carbocycles. The summed E-state index contributed by atoms with van der Waals surface area (Å²) < 4.78 is 5.55. The number of isothiocyanates is 1. The van der Waals surface area contributed by atoms with E-state index in [1.54, 1.807) is 37.8 Å². The first kappa shape index (κ1) is 31.8. The number of benzene rings is 1. The minimum Gasteiger partial charge on any atom is -0.496 e. The van der Waals surface area contributed by atoms with E-state index in [1.807, 2.05) is 0 Å². The minimum absolute atomic E-state index is 0.0561. The summed E-state index contributed by atoms with van der Waals surface area (Å²) in [6, 6.07) is 4.23. The lowest BCUT2D eigenvalue weighted by Crippen LogP contribution is -2.50. The van der Waals surface area contributed by atoms with E-state index in [4.69, 9.17) is 17.0 Å². The van der Waals surface area contributed by atoms with Crippen molar-refractivity contribution >= 4 is 46.9 Å². The van der Waals surface area contributed by atoms with Gasteiger partial charge in [0.1, 0.15) is 5.75 Å². The van der Waals surface area contributed by atoms with E-state index in [-0.39, 0.29) is 65.4 Å². The molecule has 39 heavy (non-hydrogen) atoms. The van der Waals surface area contributed by atoms with Crippen molar-refractivity contribution in [2.75, 3.05) is 79.1 Å². The van der Waals surface area contributed by atoms with Gasteiger partial charge in [-0.15, -0.1) is 0 Å². The van der Waals surface area contributed by atoms with Crippen molar-refractivity contribution < 1.29 is 44.3 Å². The lowest BCUT2D eigenvalue weighted by molar-refractivity contribution is -0.142. The topological polar surface area (TPSA) is 184 Å². The largest absolute Gasteiger partial charge is 0.496 e. The maximum absolute atomic E-state index is 11.9. The third-order valence-corrected chi connectivity index (χ3v) is 6.29. The van der Waals surface area contributed by atoms with Crippen LogP contribution in [0.3, 0.4) is 0 Å². The zero-order valence-electron chi connectivity index (χ0n) is 21.6. The predicted molar refractivity (Wildman–Crippen MR) is 142 cm³/mol. The van der Waals surface area contributed by atoms with Crippen LogP contribution in [0, 0.1) is 0 Å². The normalized spacial score (nSPS) is 18.7. The number of carboxylic acid groups (broad SMARTS) is 4. The molecule has 14 nitrogen and oxygen atoms in total. The SMILES string of the molecule is COc1ccc(N=C=S)cc1C1CN(CC(=O)O)CCN(CC(=O)O)CCN(CC(=O)O)CCN1CC(=O)O. The van der Waals surface area contributed by atoms with Gasteiger partial charge in [-0.1, -0.05) is 0 Å². The molecular formula is C24H33N5O9S. The molecule has 1 heterocycles. The third kappa shape index (κ3) is 11.0. The first-order chi connectivity index (χ1) is 18.5. The van der Waals surface area contributed by atoms with Crippen LogP contribution >= 0.6 is 12.2 Å². The molecule has 0 saturated carbocycles. The fourth-order valence-electron chi connectivity index (χ4n) is 4.46. The number of methoxy groups -OCH3 is 1. The molecule has 0 amide bonds. The number of carbonyl (C=O) groups is 4. The summed E-state index contributed by atoms with van der Waals surface area (Å²) >= 11 is 4.72. The van der Waals surface area contributed by atoms with Crippen LogP contribution in [0.4, 0.5) is 5.69 Å². The molecule has 1 aromatic rings. The number of nitrogens with zero attached hydrogens (tertiary/aromatic N) is 5. The Labute approximate surface area is 230 Å². The molecular weight excluding hydrogens is 534 g/mol. The molecule has 4 N–H and O–H groups in total. The van der Waals surface area contributed by atoms with E-state index in [2.05, 4.69) is 10.2 Å². The standard InChI is InChI=1S/C24H33N5O9S/c1-38-20-3-2-17(25-16-39)10-18(20)19-11-28(14-23(34)35)7-6-26(12-21(30)31)4-5-27(13-22(32)33)8-9-29(19)15-24(36)37/h2-3,10,19H,4-9,11-15H2,1H3,(H,30,31)(H,32,33)(H,34,35)(H,36,37). The van der Waals surface area contributed by atoms with Crippen molar-refractivity contribution in [3.8, 4) is 5.75 Å². The van der Waals surface area contributed by atoms with Crippen LogP contribution < -0.4 is 4.74 Å². The molecule has 0 bridgehead atoms. The zero-order chi connectivity index (χ0) is 28.9. The lowest BCUT2D eigenvalue weighted by atomic mass is 10.0. The fourth-order valence-corrected chi connectivity index (χ4v) is 4.57. The Morgan fingerprint density at radius 3 is 1.82 bits per heavy atom. The Morgan fingerprint density at radius 1 is 0.846 bits per heavy atom. The Bertz CT molecular complexity index is 1080. The summed E-state index contributed by atoms with van der Waals surface area (Å²) in [7, 11) is 1.45. The van der Waals surface area contributed by atoms with E-state index in [1.165, 1.54) is 7.11 Å². The quantitative estimate of drug-likeness (QED) is 0.207. The van der Waals surface area contributed by atoms with Gasteiger partial charge < -0.3 is 25.2 Å². The number of aliphatic carboxylic acids is 4. The molecule has 0 aromatic heterocycles. The summed E-state index contributed by atoms with van der Waals surface area (Å²) in [5.41, 5.74) is 0.969. The van der Waals surface area contributed by atoms with Crippen molar-refractivity contribution in [3.63, 3.8) is 0 Å². The monoisotopic (exact) mass is 567 g/mol. The second kappa shape index (κ2) is 15.8. The van der Waals surface area contributed by atoms with Gasteiger partial charge in [-0.25, -0.2) is 0 Å². The van der Waals surface area contributed by atoms with Crippen LogP contribution in [-0.2, 0) is 19.2 Å². The number of aliphatic imine (C=N–C) groups is 1. The lowest BCUT2D eigenvalue weighted by Gasteiger charge is -2.38. The van der Waals surface area contributed by atoms with E-state index in [0.717, 1.165) is 0 Å². The number of rotatable bonds is 11. The second-order valence-corrected chi connectivity index (χ2v) is 9.16. The van der Waals surface area contributed by atoms with Crippen LogP contribution in [-0.4, -0.2) is 148 Å². The summed E-state index contributed by atoms with van der Waals surface area (Å²) in [6.07, 6.45) is 0. The van der Waals surface area contributed by atoms with Crippen molar-refractivity contribution in [1.82, 2.24) is 19.6 Å². The molecule has 1 unspecified atom stereocenters. The van der Waals surface area contributed by atoms with Crippen LogP contribution in [0.1, 0.15) is 11.6 Å². The molecule has 1 fully saturated rings. The summed E-state index contributed by atoms with van der Waals surface area (Å²) in [4.78, 5) is 57.1. The van der Waals surface area contributed by atoms with Crippen LogP contribution in [0.25, 0.3) is 0 Å². The Balaban J connectivity index is 2.61. The molecule has 0 radical (unpaired) electrons. The maximum atomic E-state index is 11.9. The van der Waals surface area contributed by atoms with Crippen LogP contribution in [0.15, 0.2) is 23.2 Å². The highest BCUT2D eigenvalue weighted by molar-refractivity contribution is 7.78. The molecule has 1 aliphatic heterocycles. The smallest absolute Gasteiger partial charge is 0.317 e. The minimum atomic E-state index is -1.12. The van der Waals surface area contributed by atoms with Gasteiger partial charge in [0.15, 0.2) is 0 Å². The van der Waals surface area contributed by atoms with E-state index in [0.29, 0.717) is 17.0 Å². The second-order valence-electron chi connectivity index (χ2n) is 8.98. The molecule has 1 atom stereocenters. The van der Waals surface area contributed by atoms with Crippen molar-refractivity contribution in [3.05, 3.63) is 23.8 Å². The van der Waals surface area contributed by atoms with Gasteiger partial charge in [-0.05, 0) is 30.4 Å². The average molecular weight is 568 g/mol. The molecule has 15 heteroatoms. The molecule has 1 aliphatic rings. The van der Waals surface area contributed by atoms with Gasteiger partial charge in [-0.3, -0.25) is 38.8 Å². The highest BCUT2D eigenvalue weighted by Gasteiger charge is 2.30. The van der Waals surface area contributed by atoms with Crippen molar-refractivity contribution in [1.29, 1.82) is 0 Å². The molecule has 1 saturated heterocycles. The predicted octanol–water partition coefficient (Wildman–Crippen LogP) is 0.0306. The third-order valence-electron chi connectivity index (χ3n) is 6.20. The van der Waals surface area contributed by atoms with E-state index >= 15 is 0 Å². The summed E-state index contributed by atoms with van der Waals surface area (Å²) in [6.45, 7) is -0.272. The van der Waals surface area contributed by atoms with Crippen LogP contribution in [0.2, 0.25) is 0 Å². The van der Waals surface area contributed by atoms with Crippen LogP contribution in [0.5, 0.6) is 5.75 Å². The molecule has 1 aromatic carbocycles. The summed E-state index contributed by atoms with van der Waals surface area (Å²) in [5.74, 6) is -3.96. The summed E-state index contributed by atoms with van der Waals surface area (Å²) in [5, 5.41) is 40.4. The van der Waals surface area contributed by atoms with Gasteiger partial charge in [0.25, 0.3) is 0 Å². The fraction of sp³-hybridized carbons (Fsp3) is 0.542. The number of thiocarbonyl (C=S) groups is 1. The number of ether oxygens (including phenoxy) is 1. The van der Waals surface area contributed by atoms with Gasteiger partial charge in [0.2, 0.25) is 0 Å². The number of hydrogen-bond donors (Lipinski definition) is 4. The Hall–Kier alpha value is -3.46. The highest BCUT2D eigenvalue weighted by atomic mass is 32.1. The molecule has 2 rings (SSSR count). The van der Waals surface area contributed by atoms with Gasteiger partial charge in [0.05, 0.1) is 50.2 Å². The van der Waals surface area contributed by atoms with Crippen molar-refractivity contribution in [2.24, 2.45) is 4.99 Å². The number of hydrogen-bond acceptors (Lipinski definition) is 11. The number of carboxylic acids is 4. The van der Waals surface area contributed by atoms with Crippen molar-refractivity contribution in [2.45, 2.75) is 6.04 Å². The Morgan fingerprint density at radius 2 is 1.33 bits per heavy atom. The van der Waals surface area contributed by atoms with Gasteiger partial charge in [0, 0.05) is 51.4 Å². The van der Waals surface area contributed by atoms with Gasteiger partial charge >= 0.3 is 23.9 Å². The molecule has 0 spiro atoms. The first-order valence-electron chi connectivity index (χ1n) is 12.1. The Kier molecular flexibility index (Phi) is 12.9. The highest BCUT2D eigenvalue weighted by Crippen LogP contribution is 2.33. The maximum Gasteiger partial charge on any atom is 0.317 e. The van der Waals surface area contributed by atoms with Gasteiger partial charge in [-0.2, -0.15) is 4.99 Å².